The summed E-state index contributed by atoms with van der Waals surface area (Å²) in [6.07, 6.45) is 3.05. The van der Waals surface area contributed by atoms with Gasteiger partial charge >= 0.3 is 0 Å². The van der Waals surface area contributed by atoms with Crippen LogP contribution in [-0.2, 0) is 19.9 Å². The second-order valence-corrected chi connectivity index (χ2v) is 5.22. The zero-order valence-electron chi connectivity index (χ0n) is 9.99. The lowest BCUT2D eigenvalue weighted by Gasteiger charge is -2.29. The van der Waals surface area contributed by atoms with E-state index in [1.54, 1.807) is 0 Å². The molecule has 5 heteroatoms. The maximum absolute atomic E-state index is 8.72. The maximum atomic E-state index is 8.72. The van der Waals surface area contributed by atoms with Crippen LogP contribution in [0.4, 0.5) is 0 Å². The van der Waals surface area contributed by atoms with Crippen molar-refractivity contribution in [1.29, 1.82) is 0 Å². The third kappa shape index (κ3) is 1.66. The van der Waals surface area contributed by atoms with E-state index in [-0.39, 0.29) is 5.84 Å². The summed E-state index contributed by atoms with van der Waals surface area (Å²) in [7, 11) is 1.91. The Balaban J connectivity index is 2.49. The summed E-state index contributed by atoms with van der Waals surface area (Å²) in [6, 6.07) is 0. The van der Waals surface area contributed by atoms with Gasteiger partial charge in [-0.05, 0) is 24.7 Å². The van der Waals surface area contributed by atoms with Crippen LogP contribution in [0.5, 0.6) is 0 Å². The van der Waals surface area contributed by atoms with E-state index in [2.05, 4.69) is 24.1 Å². The quantitative estimate of drug-likeness (QED) is 0.322. The molecule has 0 fully saturated rings. The van der Waals surface area contributed by atoms with Gasteiger partial charge in [0.05, 0.1) is 0 Å². The number of nitrogens with two attached hydrogens (primary N) is 1. The molecule has 1 aliphatic carbocycles. The van der Waals surface area contributed by atoms with Crippen LogP contribution >= 0.6 is 0 Å². The molecular weight excluding hydrogens is 204 g/mol. The predicted molar refractivity (Wildman–Crippen MR) is 61.5 cm³/mol. The Kier molecular flexibility index (Phi) is 2.40. The largest absolute Gasteiger partial charge is 0.409 e. The Morgan fingerprint density at radius 3 is 2.88 bits per heavy atom. The summed E-state index contributed by atoms with van der Waals surface area (Å²) in [5.41, 5.74) is 8.91. The van der Waals surface area contributed by atoms with Crippen molar-refractivity contribution >= 4 is 5.84 Å². The van der Waals surface area contributed by atoms with Gasteiger partial charge in [-0.2, -0.15) is 5.10 Å². The molecule has 1 heterocycles. The molecule has 0 aliphatic heterocycles. The number of amidine groups is 1. The molecule has 0 unspecified atom stereocenters. The highest BCUT2D eigenvalue weighted by molar-refractivity contribution is 5.96. The first-order chi connectivity index (χ1) is 7.44. The summed E-state index contributed by atoms with van der Waals surface area (Å²) >= 11 is 0. The van der Waals surface area contributed by atoms with E-state index in [4.69, 9.17) is 10.9 Å². The standard InChI is InChI=1S/C11H18N4O/c1-11(2)5-4-7-8(6-11)15(3)13-9(7)10(12)14-16/h16H,4-6H2,1-3H3,(H2,12,14). The van der Waals surface area contributed by atoms with Crippen molar-refractivity contribution in [3.63, 3.8) is 0 Å². The fourth-order valence-electron chi connectivity index (χ4n) is 2.34. The van der Waals surface area contributed by atoms with Crippen LogP contribution in [0.3, 0.4) is 0 Å². The molecule has 0 amide bonds. The molecule has 0 atom stereocenters. The second-order valence-electron chi connectivity index (χ2n) is 5.22. The third-order valence-corrected chi connectivity index (χ3v) is 3.32. The monoisotopic (exact) mass is 222 g/mol. The van der Waals surface area contributed by atoms with Crippen LogP contribution < -0.4 is 5.73 Å². The Bertz CT molecular complexity index is 445. The van der Waals surface area contributed by atoms with Crippen molar-refractivity contribution in [2.75, 3.05) is 0 Å². The third-order valence-electron chi connectivity index (χ3n) is 3.32. The first-order valence-corrected chi connectivity index (χ1v) is 5.47. The molecule has 1 aliphatic rings. The van der Waals surface area contributed by atoms with Crippen molar-refractivity contribution in [3.8, 4) is 0 Å². The van der Waals surface area contributed by atoms with Crippen LogP contribution in [-0.4, -0.2) is 20.8 Å². The van der Waals surface area contributed by atoms with E-state index in [1.807, 2.05) is 11.7 Å². The van der Waals surface area contributed by atoms with Crippen molar-refractivity contribution in [1.82, 2.24) is 9.78 Å². The molecule has 88 valence electrons. The zero-order chi connectivity index (χ0) is 11.9. The number of nitrogens with zero attached hydrogens (tertiary/aromatic N) is 3. The first kappa shape index (κ1) is 11.0. The molecule has 3 N–H and O–H groups in total. The molecule has 0 bridgehead atoms. The molecule has 0 saturated carbocycles. The lowest BCUT2D eigenvalue weighted by molar-refractivity contribution is 0.306. The van der Waals surface area contributed by atoms with E-state index in [0.29, 0.717) is 11.1 Å². The van der Waals surface area contributed by atoms with E-state index in [1.165, 1.54) is 5.69 Å². The van der Waals surface area contributed by atoms with Crippen molar-refractivity contribution in [3.05, 3.63) is 17.0 Å². The van der Waals surface area contributed by atoms with Gasteiger partial charge in [0.2, 0.25) is 0 Å². The molecular formula is C11H18N4O. The average Bonchev–Trinajstić information content (AvgIpc) is 2.53. The van der Waals surface area contributed by atoms with Crippen LogP contribution in [0.15, 0.2) is 5.16 Å². The minimum atomic E-state index is 0.108. The number of aromatic nitrogens is 2. The van der Waals surface area contributed by atoms with E-state index >= 15 is 0 Å². The molecule has 0 spiro atoms. The number of rotatable bonds is 1. The fourth-order valence-corrected chi connectivity index (χ4v) is 2.34. The number of oxime groups is 1. The number of hydrogen-bond acceptors (Lipinski definition) is 3. The van der Waals surface area contributed by atoms with Crippen molar-refractivity contribution in [2.45, 2.75) is 33.1 Å². The van der Waals surface area contributed by atoms with Crippen LogP contribution in [0, 0.1) is 5.41 Å². The SMILES string of the molecule is Cn1nc(/C(N)=N/O)c2c1CC(C)(C)CC2. The van der Waals surface area contributed by atoms with Gasteiger partial charge in [0.25, 0.3) is 0 Å². The Labute approximate surface area is 94.9 Å². The van der Waals surface area contributed by atoms with E-state index in [0.717, 1.165) is 24.8 Å². The molecule has 16 heavy (non-hydrogen) atoms. The zero-order valence-corrected chi connectivity index (χ0v) is 9.99. The van der Waals surface area contributed by atoms with Gasteiger partial charge in [-0.1, -0.05) is 19.0 Å². The van der Waals surface area contributed by atoms with Gasteiger partial charge < -0.3 is 10.9 Å². The summed E-state index contributed by atoms with van der Waals surface area (Å²) < 4.78 is 1.85. The fraction of sp³-hybridized carbons (Fsp3) is 0.636. The minimum absolute atomic E-state index is 0.108. The molecule has 1 aromatic rings. The Morgan fingerprint density at radius 2 is 2.25 bits per heavy atom. The maximum Gasteiger partial charge on any atom is 0.190 e. The van der Waals surface area contributed by atoms with Gasteiger partial charge in [-0.25, -0.2) is 0 Å². The summed E-state index contributed by atoms with van der Waals surface area (Å²) in [5, 5.41) is 16.1. The molecule has 5 nitrogen and oxygen atoms in total. The first-order valence-electron chi connectivity index (χ1n) is 5.47. The summed E-state index contributed by atoms with van der Waals surface area (Å²) in [6.45, 7) is 4.51. The number of hydrogen-bond donors (Lipinski definition) is 2. The van der Waals surface area contributed by atoms with Crippen molar-refractivity contribution in [2.24, 2.45) is 23.4 Å². The Morgan fingerprint density at radius 1 is 1.56 bits per heavy atom. The van der Waals surface area contributed by atoms with Crippen LogP contribution in [0.25, 0.3) is 0 Å². The molecule has 0 saturated heterocycles. The lowest BCUT2D eigenvalue weighted by atomic mass is 9.76. The highest BCUT2D eigenvalue weighted by Gasteiger charge is 2.30. The normalized spacial score (nSPS) is 19.6. The average molecular weight is 222 g/mol. The smallest absolute Gasteiger partial charge is 0.190 e. The number of fused-ring (bicyclic) bond motifs is 1. The summed E-state index contributed by atoms with van der Waals surface area (Å²) in [4.78, 5) is 0. The van der Waals surface area contributed by atoms with Gasteiger partial charge in [0.15, 0.2) is 5.84 Å². The predicted octanol–water partition coefficient (Wildman–Crippen LogP) is 1.03. The lowest BCUT2D eigenvalue weighted by Crippen LogP contribution is -2.24. The van der Waals surface area contributed by atoms with Gasteiger partial charge in [0, 0.05) is 18.3 Å². The number of aryl methyl sites for hydroxylation is 1. The van der Waals surface area contributed by atoms with Gasteiger partial charge in [-0.15, -0.1) is 0 Å². The second kappa shape index (κ2) is 3.50. The highest BCUT2D eigenvalue weighted by atomic mass is 16.4. The topological polar surface area (TPSA) is 76.4 Å². The van der Waals surface area contributed by atoms with E-state index in [9.17, 15) is 0 Å². The van der Waals surface area contributed by atoms with Gasteiger partial charge in [0.1, 0.15) is 5.69 Å². The minimum Gasteiger partial charge on any atom is -0.409 e. The summed E-state index contributed by atoms with van der Waals surface area (Å²) in [5.74, 6) is 0.108. The Hall–Kier alpha value is -1.52. The van der Waals surface area contributed by atoms with Crippen LogP contribution in [0.1, 0.15) is 37.2 Å². The van der Waals surface area contributed by atoms with Gasteiger partial charge in [-0.3, -0.25) is 4.68 Å². The highest BCUT2D eigenvalue weighted by Crippen LogP contribution is 2.35. The van der Waals surface area contributed by atoms with Crippen molar-refractivity contribution < 1.29 is 5.21 Å². The molecule has 2 rings (SSSR count). The van der Waals surface area contributed by atoms with E-state index < -0.39 is 0 Å². The van der Waals surface area contributed by atoms with Crippen LogP contribution in [0.2, 0.25) is 0 Å². The molecule has 0 aromatic carbocycles. The molecule has 0 radical (unpaired) electrons. The molecule has 1 aromatic heterocycles.